The molecule has 2 N–H and O–H groups in total. The molecule has 3 aromatic rings. The Morgan fingerprint density at radius 2 is 1.87 bits per heavy atom. The second-order valence-electron chi connectivity index (χ2n) is 6.69. The summed E-state index contributed by atoms with van der Waals surface area (Å²) < 4.78 is 10.6. The lowest BCUT2D eigenvalue weighted by atomic mass is 10.1. The van der Waals surface area contributed by atoms with Gasteiger partial charge in [-0.15, -0.1) is 0 Å². The summed E-state index contributed by atoms with van der Waals surface area (Å²) in [6.45, 7) is 4.11. The normalized spacial score (nSPS) is 10.5. The van der Waals surface area contributed by atoms with Crippen LogP contribution in [0.5, 0.6) is 5.75 Å². The van der Waals surface area contributed by atoms with E-state index in [2.05, 4.69) is 20.8 Å². The molecule has 0 spiro atoms. The summed E-state index contributed by atoms with van der Waals surface area (Å²) in [7, 11) is 0. The van der Waals surface area contributed by atoms with Gasteiger partial charge in [0.25, 0.3) is 5.91 Å². The Hall–Kier alpha value is -3.68. The van der Waals surface area contributed by atoms with Crippen LogP contribution in [0.2, 0.25) is 0 Å². The number of carbonyl (C=O) groups is 2. The van der Waals surface area contributed by atoms with E-state index < -0.39 is 0 Å². The molecule has 0 aliphatic carbocycles. The van der Waals surface area contributed by atoms with Crippen LogP contribution in [0.25, 0.3) is 0 Å². The second-order valence-corrected chi connectivity index (χ2v) is 6.69. The number of carbonyl (C=O) groups excluding carboxylic acids is 2. The highest BCUT2D eigenvalue weighted by molar-refractivity contribution is 5.96. The maximum absolute atomic E-state index is 12.6. The molecule has 0 radical (unpaired) electrons. The molecule has 0 atom stereocenters. The maximum Gasteiger partial charge on any atom is 0.255 e. The van der Waals surface area contributed by atoms with Crippen LogP contribution >= 0.6 is 0 Å². The van der Waals surface area contributed by atoms with Gasteiger partial charge in [-0.1, -0.05) is 36.3 Å². The number of hydrogen-bond acceptors (Lipinski definition) is 6. The summed E-state index contributed by atoms with van der Waals surface area (Å²) in [4.78, 5) is 28.4. The number of benzene rings is 2. The lowest BCUT2D eigenvalue weighted by molar-refractivity contribution is -0.116. The van der Waals surface area contributed by atoms with Crippen molar-refractivity contribution in [1.82, 2.24) is 15.5 Å². The van der Waals surface area contributed by atoms with Crippen LogP contribution in [-0.4, -0.2) is 22.0 Å². The van der Waals surface area contributed by atoms with Gasteiger partial charge in [-0.2, -0.15) is 4.98 Å². The molecule has 0 aliphatic heterocycles. The Labute approximate surface area is 174 Å². The molecule has 30 heavy (non-hydrogen) atoms. The van der Waals surface area contributed by atoms with Gasteiger partial charge in [0.15, 0.2) is 6.61 Å². The minimum absolute atomic E-state index is 0.00820. The van der Waals surface area contributed by atoms with Crippen molar-refractivity contribution < 1.29 is 18.8 Å². The summed E-state index contributed by atoms with van der Waals surface area (Å²) in [6, 6.07) is 14.3. The molecule has 0 saturated heterocycles. The molecule has 0 saturated carbocycles. The van der Waals surface area contributed by atoms with E-state index in [1.165, 1.54) is 0 Å². The van der Waals surface area contributed by atoms with Gasteiger partial charge in [0.2, 0.25) is 17.6 Å². The zero-order valence-corrected chi connectivity index (χ0v) is 17.0. The first-order valence-electron chi connectivity index (χ1n) is 9.73. The molecular formula is C22H24N4O4. The third kappa shape index (κ3) is 5.91. The molecule has 0 aliphatic rings. The topological polar surface area (TPSA) is 106 Å². The van der Waals surface area contributed by atoms with E-state index >= 15 is 0 Å². The first-order chi connectivity index (χ1) is 14.5. The van der Waals surface area contributed by atoms with Crippen molar-refractivity contribution in [1.29, 1.82) is 0 Å². The number of nitrogens with one attached hydrogen (secondary N) is 2. The largest absolute Gasteiger partial charge is 0.485 e. The molecule has 0 fully saturated rings. The molecule has 1 aromatic heterocycles. The first-order valence-corrected chi connectivity index (χ1v) is 9.73. The number of para-hydroxylation sites is 1. The number of aryl methyl sites for hydroxylation is 1. The lowest BCUT2D eigenvalue weighted by Crippen LogP contribution is -2.23. The van der Waals surface area contributed by atoms with Crippen LogP contribution in [0.15, 0.2) is 53.1 Å². The number of nitrogens with zero attached hydrogens (tertiary/aromatic N) is 2. The fraction of sp³-hybridized carbons (Fsp3) is 0.273. The molecule has 2 aromatic carbocycles. The lowest BCUT2D eigenvalue weighted by Gasteiger charge is -2.11. The number of aromatic nitrogens is 2. The van der Waals surface area contributed by atoms with Gasteiger partial charge in [0.05, 0.1) is 5.56 Å². The number of ether oxygens (including phenoxy) is 1. The average Bonchev–Trinajstić information content (AvgIpc) is 3.17. The molecule has 1 heterocycles. The molecule has 156 valence electrons. The number of rotatable bonds is 9. The smallest absolute Gasteiger partial charge is 0.255 e. The maximum atomic E-state index is 12.6. The van der Waals surface area contributed by atoms with Crippen molar-refractivity contribution in [3.8, 4) is 5.75 Å². The van der Waals surface area contributed by atoms with Crippen LogP contribution in [0.3, 0.4) is 0 Å². The van der Waals surface area contributed by atoms with Crippen LogP contribution < -0.4 is 15.4 Å². The van der Waals surface area contributed by atoms with Gasteiger partial charge in [-0.3, -0.25) is 9.59 Å². The number of anilines is 1. The molecule has 0 unspecified atom stereocenters. The first kappa shape index (κ1) is 21.0. The molecular weight excluding hydrogens is 384 g/mol. The average molecular weight is 408 g/mol. The Balaban J connectivity index is 1.56. The molecule has 0 bridgehead atoms. The van der Waals surface area contributed by atoms with Gasteiger partial charge >= 0.3 is 0 Å². The van der Waals surface area contributed by atoms with E-state index in [1.807, 2.05) is 31.2 Å². The zero-order chi connectivity index (χ0) is 21.3. The third-order valence-corrected chi connectivity index (χ3v) is 4.23. The quantitative estimate of drug-likeness (QED) is 0.560. The van der Waals surface area contributed by atoms with Crippen LogP contribution in [0, 0.1) is 6.92 Å². The van der Waals surface area contributed by atoms with Gasteiger partial charge in [0.1, 0.15) is 5.75 Å². The van der Waals surface area contributed by atoms with Gasteiger partial charge < -0.3 is 19.9 Å². The predicted octanol–water partition coefficient (Wildman–Crippen LogP) is 3.63. The van der Waals surface area contributed by atoms with Crippen LogP contribution in [-0.2, 0) is 17.9 Å². The van der Waals surface area contributed by atoms with E-state index in [4.69, 9.17) is 9.26 Å². The Morgan fingerprint density at radius 1 is 1.10 bits per heavy atom. The fourth-order valence-electron chi connectivity index (χ4n) is 2.76. The minimum Gasteiger partial charge on any atom is -0.485 e. The van der Waals surface area contributed by atoms with Crippen molar-refractivity contribution in [2.24, 2.45) is 0 Å². The SMILES string of the molecule is CCCC(=O)Nc1ccc(CNC(=O)c2ccccc2OCc2noc(C)n2)cc1. The van der Waals surface area contributed by atoms with Crippen molar-refractivity contribution in [2.45, 2.75) is 39.8 Å². The Morgan fingerprint density at radius 3 is 2.57 bits per heavy atom. The van der Waals surface area contributed by atoms with Gasteiger partial charge in [-0.25, -0.2) is 0 Å². The fourth-order valence-corrected chi connectivity index (χ4v) is 2.76. The van der Waals surface area contributed by atoms with Gasteiger partial charge in [0, 0.05) is 25.6 Å². The van der Waals surface area contributed by atoms with Crippen LogP contribution in [0.4, 0.5) is 5.69 Å². The summed E-state index contributed by atoms with van der Waals surface area (Å²) in [5.74, 6) is 1.04. The summed E-state index contributed by atoms with van der Waals surface area (Å²) in [5, 5.41) is 9.50. The highest BCUT2D eigenvalue weighted by Crippen LogP contribution is 2.19. The van der Waals surface area contributed by atoms with E-state index in [0.29, 0.717) is 36.0 Å². The summed E-state index contributed by atoms with van der Waals surface area (Å²) in [5.41, 5.74) is 2.07. The number of amides is 2. The van der Waals surface area contributed by atoms with E-state index in [0.717, 1.165) is 17.7 Å². The molecule has 3 rings (SSSR count). The standard InChI is InChI=1S/C22H24N4O4/c1-3-6-21(27)25-17-11-9-16(10-12-17)13-23-22(28)18-7-4-5-8-19(18)29-14-20-24-15(2)30-26-20/h4-5,7-12H,3,6,13-14H2,1-2H3,(H,23,28)(H,25,27). The second kappa shape index (κ2) is 10.2. The van der Waals surface area contributed by atoms with Crippen molar-refractivity contribution in [2.75, 3.05) is 5.32 Å². The molecule has 2 amide bonds. The van der Waals surface area contributed by atoms with Crippen molar-refractivity contribution in [3.05, 3.63) is 71.4 Å². The van der Waals surface area contributed by atoms with E-state index in [9.17, 15) is 9.59 Å². The zero-order valence-electron chi connectivity index (χ0n) is 17.0. The van der Waals surface area contributed by atoms with Crippen molar-refractivity contribution >= 4 is 17.5 Å². The van der Waals surface area contributed by atoms with E-state index in [-0.39, 0.29) is 18.4 Å². The summed E-state index contributed by atoms with van der Waals surface area (Å²) >= 11 is 0. The van der Waals surface area contributed by atoms with Gasteiger partial charge in [-0.05, 0) is 36.2 Å². The third-order valence-electron chi connectivity index (χ3n) is 4.23. The van der Waals surface area contributed by atoms with Crippen LogP contribution in [0.1, 0.15) is 47.4 Å². The number of hydrogen-bond donors (Lipinski definition) is 2. The highest BCUT2D eigenvalue weighted by Gasteiger charge is 2.13. The highest BCUT2D eigenvalue weighted by atomic mass is 16.5. The van der Waals surface area contributed by atoms with E-state index in [1.54, 1.807) is 31.2 Å². The predicted molar refractivity (Wildman–Crippen MR) is 111 cm³/mol. The Bertz CT molecular complexity index is 998. The minimum atomic E-state index is -0.254. The Kier molecular flexibility index (Phi) is 7.15. The summed E-state index contributed by atoms with van der Waals surface area (Å²) in [6.07, 6.45) is 1.29. The molecule has 8 heteroatoms. The monoisotopic (exact) mass is 408 g/mol. The molecule has 8 nitrogen and oxygen atoms in total. The van der Waals surface area contributed by atoms with Crippen molar-refractivity contribution in [3.63, 3.8) is 0 Å².